The van der Waals surface area contributed by atoms with Crippen LogP contribution in [0.2, 0.25) is 0 Å². The van der Waals surface area contributed by atoms with Crippen LogP contribution in [0.25, 0.3) is 0 Å². The van der Waals surface area contributed by atoms with Gasteiger partial charge in [-0.15, -0.1) is 0 Å². The van der Waals surface area contributed by atoms with E-state index >= 15 is 0 Å². The van der Waals surface area contributed by atoms with Gasteiger partial charge in [-0.25, -0.2) is 0 Å². The number of aryl methyl sites for hydroxylation is 1. The van der Waals surface area contributed by atoms with Gasteiger partial charge >= 0.3 is 0 Å². The number of fused-ring (bicyclic) bond motifs is 1. The maximum absolute atomic E-state index is 10.5. The van der Waals surface area contributed by atoms with Crippen LogP contribution >= 0.6 is 0 Å². The number of carbonyl (C=O) groups excluding carboxylic acids is 1. The Morgan fingerprint density at radius 3 is 2.91 bits per heavy atom. The molecular weight excluding hydrogens is 138 g/mol. The summed E-state index contributed by atoms with van der Waals surface area (Å²) in [4.78, 5) is 13.6. The summed E-state index contributed by atoms with van der Waals surface area (Å²) in [5.74, 6) is 0. The minimum Gasteiger partial charge on any atom is -0.356 e. The Kier molecular flexibility index (Phi) is 1.34. The maximum Gasteiger partial charge on any atom is 0.166 e. The fourth-order valence-corrected chi connectivity index (χ4v) is 1.83. The lowest BCUT2D eigenvalue weighted by Crippen LogP contribution is -1.86. The number of hydrogen-bond acceptors (Lipinski definition) is 1. The normalized spacial score (nSPS) is 15.0. The van der Waals surface area contributed by atoms with Gasteiger partial charge in [-0.05, 0) is 37.3 Å². The molecular formula is C9H11NO. The fourth-order valence-electron chi connectivity index (χ4n) is 1.83. The Labute approximate surface area is 65.6 Å². The van der Waals surface area contributed by atoms with Crippen molar-refractivity contribution >= 4 is 6.29 Å². The van der Waals surface area contributed by atoms with E-state index in [1.165, 1.54) is 17.7 Å². The minimum absolute atomic E-state index is 0.773. The molecule has 0 aromatic carbocycles. The van der Waals surface area contributed by atoms with Crippen LogP contribution in [-0.4, -0.2) is 11.3 Å². The quantitative estimate of drug-likeness (QED) is 0.605. The first-order chi connectivity index (χ1) is 5.33. The molecule has 0 unspecified atom stereocenters. The van der Waals surface area contributed by atoms with Gasteiger partial charge in [0.2, 0.25) is 0 Å². The lowest BCUT2D eigenvalue weighted by molar-refractivity contribution is 0.111. The molecule has 0 amide bonds. The van der Waals surface area contributed by atoms with Gasteiger partial charge in [0, 0.05) is 5.69 Å². The highest BCUT2D eigenvalue weighted by Gasteiger charge is 2.17. The highest BCUT2D eigenvalue weighted by molar-refractivity contribution is 5.76. The minimum atomic E-state index is 0.773. The van der Waals surface area contributed by atoms with E-state index < -0.39 is 0 Å². The summed E-state index contributed by atoms with van der Waals surface area (Å²) < 4.78 is 0. The smallest absolute Gasteiger partial charge is 0.166 e. The van der Waals surface area contributed by atoms with Crippen molar-refractivity contribution in [1.82, 2.24) is 4.98 Å². The molecule has 0 saturated heterocycles. The van der Waals surface area contributed by atoms with Crippen molar-refractivity contribution in [2.24, 2.45) is 0 Å². The second-order valence-corrected chi connectivity index (χ2v) is 3.09. The summed E-state index contributed by atoms with van der Waals surface area (Å²) >= 11 is 0. The molecule has 0 atom stereocenters. The zero-order valence-corrected chi connectivity index (χ0v) is 6.61. The van der Waals surface area contributed by atoms with Gasteiger partial charge in [0.1, 0.15) is 0 Å². The third-order valence-electron chi connectivity index (χ3n) is 2.48. The van der Waals surface area contributed by atoms with Crippen LogP contribution in [0.5, 0.6) is 0 Å². The molecule has 1 aromatic rings. The lowest BCUT2D eigenvalue weighted by Gasteiger charge is -1.90. The zero-order chi connectivity index (χ0) is 7.84. The van der Waals surface area contributed by atoms with E-state index in [1.54, 1.807) is 0 Å². The van der Waals surface area contributed by atoms with Gasteiger partial charge in [-0.2, -0.15) is 0 Å². The van der Waals surface area contributed by atoms with E-state index in [1.807, 2.05) is 6.92 Å². The van der Waals surface area contributed by atoms with Crippen LogP contribution < -0.4 is 0 Å². The van der Waals surface area contributed by atoms with Crippen molar-refractivity contribution in [3.8, 4) is 0 Å². The number of aromatic amines is 1. The molecule has 58 valence electrons. The first-order valence-corrected chi connectivity index (χ1v) is 3.98. The van der Waals surface area contributed by atoms with Crippen LogP contribution in [0.15, 0.2) is 0 Å². The molecule has 1 aromatic heterocycles. The van der Waals surface area contributed by atoms with Gasteiger partial charge in [0.25, 0.3) is 0 Å². The highest BCUT2D eigenvalue weighted by atomic mass is 16.1. The molecule has 0 saturated carbocycles. The Morgan fingerprint density at radius 1 is 1.45 bits per heavy atom. The molecule has 1 aliphatic rings. The summed E-state index contributed by atoms with van der Waals surface area (Å²) in [5.41, 5.74) is 4.60. The Hall–Kier alpha value is -1.05. The van der Waals surface area contributed by atoms with Crippen LogP contribution in [0.1, 0.15) is 33.7 Å². The summed E-state index contributed by atoms with van der Waals surface area (Å²) in [7, 11) is 0. The predicted octanol–water partition coefficient (Wildman–Crippen LogP) is 1.62. The Bertz CT molecular complexity index is 299. The van der Waals surface area contributed by atoms with E-state index in [4.69, 9.17) is 0 Å². The second kappa shape index (κ2) is 2.22. The molecule has 0 radical (unpaired) electrons. The van der Waals surface area contributed by atoms with E-state index in [0.29, 0.717) is 0 Å². The average molecular weight is 149 g/mol. The number of nitrogens with one attached hydrogen (secondary N) is 1. The predicted molar refractivity (Wildman–Crippen MR) is 42.9 cm³/mol. The first kappa shape index (κ1) is 6.65. The van der Waals surface area contributed by atoms with E-state index in [9.17, 15) is 4.79 Å². The van der Waals surface area contributed by atoms with Crippen molar-refractivity contribution in [2.75, 3.05) is 0 Å². The molecule has 2 rings (SSSR count). The number of aromatic nitrogens is 1. The number of hydrogen-bond donors (Lipinski definition) is 1. The van der Waals surface area contributed by atoms with Crippen LogP contribution in [0, 0.1) is 6.92 Å². The SMILES string of the molecule is Cc1c(C=O)[nH]c2c1CCC2. The first-order valence-electron chi connectivity index (χ1n) is 3.98. The lowest BCUT2D eigenvalue weighted by atomic mass is 10.1. The molecule has 1 N–H and O–H groups in total. The molecule has 0 spiro atoms. The number of rotatable bonds is 1. The van der Waals surface area contributed by atoms with Gasteiger partial charge in [-0.3, -0.25) is 4.79 Å². The number of H-pyrrole nitrogens is 1. The third-order valence-corrected chi connectivity index (χ3v) is 2.48. The molecule has 2 nitrogen and oxygen atoms in total. The molecule has 1 aliphatic carbocycles. The summed E-state index contributed by atoms with van der Waals surface area (Å²) in [6, 6.07) is 0. The average Bonchev–Trinajstić information content (AvgIpc) is 2.53. The molecule has 1 heterocycles. The van der Waals surface area contributed by atoms with Crippen molar-refractivity contribution < 1.29 is 4.79 Å². The highest BCUT2D eigenvalue weighted by Crippen LogP contribution is 2.25. The van der Waals surface area contributed by atoms with Crippen molar-refractivity contribution in [2.45, 2.75) is 26.2 Å². The van der Waals surface area contributed by atoms with E-state index in [-0.39, 0.29) is 0 Å². The second-order valence-electron chi connectivity index (χ2n) is 3.09. The Balaban J connectivity index is 2.57. The standard InChI is InChI=1S/C9H11NO/c1-6-7-3-2-4-8(7)10-9(6)5-11/h5,10H,2-4H2,1H3. The van der Waals surface area contributed by atoms with Gasteiger partial charge < -0.3 is 4.98 Å². The number of aldehydes is 1. The van der Waals surface area contributed by atoms with Crippen molar-refractivity contribution in [3.05, 3.63) is 22.5 Å². The molecule has 0 fully saturated rings. The van der Waals surface area contributed by atoms with Crippen molar-refractivity contribution in [1.29, 1.82) is 0 Å². The zero-order valence-electron chi connectivity index (χ0n) is 6.61. The fraction of sp³-hybridized carbons (Fsp3) is 0.444. The maximum atomic E-state index is 10.5. The van der Waals surface area contributed by atoms with Crippen LogP contribution in [0.4, 0.5) is 0 Å². The summed E-state index contributed by atoms with van der Waals surface area (Å²) in [6.45, 7) is 2.02. The molecule has 11 heavy (non-hydrogen) atoms. The molecule has 2 heteroatoms. The summed E-state index contributed by atoms with van der Waals surface area (Å²) in [5, 5.41) is 0. The van der Waals surface area contributed by atoms with E-state index in [0.717, 1.165) is 30.4 Å². The topological polar surface area (TPSA) is 32.9 Å². The van der Waals surface area contributed by atoms with Crippen molar-refractivity contribution in [3.63, 3.8) is 0 Å². The largest absolute Gasteiger partial charge is 0.356 e. The van der Waals surface area contributed by atoms with Gasteiger partial charge in [-0.1, -0.05) is 0 Å². The van der Waals surface area contributed by atoms with Crippen LogP contribution in [-0.2, 0) is 12.8 Å². The monoisotopic (exact) mass is 149 g/mol. The molecule has 0 bridgehead atoms. The Morgan fingerprint density at radius 2 is 2.27 bits per heavy atom. The number of carbonyl (C=O) groups is 1. The molecule has 0 aliphatic heterocycles. The van der Waals surface area contributed by atoms with Gasteiger partial charge in [0.15, 0.2) is 6.29 Å². The van der Waals surface area contributed by atoms with Crippen LogP contribution in [0.3, 0.4) is 0 Å². The van der Waals surface area contributed by atoms with Gasteiger partial charge in [0.05, 0.1) is 5.69 Å². The van der Waals surface area contributed by atoms with E-state index in [2.05, 4.69) is 4.98 Å². The summed E-state index contributed by atoms with van der Waals surface area (Å²) in [6.07, 6.45) is 4.41. The third kappa shape index (κ3) is 0.821.